The SMILES string of the molecule is C=CC1(C)CC(C)(O)CC(=O)O1. The molecule has 2 unspecified atom stereocenters. The van der Waals surface area contributed by atoms with E-state index in [1.165, 1.54) is 0 Å². The molecular weight excluding hydrogens is 156 g/mol. The van der Waals surface area contributed by atoms with Gasteiger partial charge in [0.25, 0.3) is 0 Å². The lowest BCUT2D eigenvalue weighted by Gasteiger charge is -2.38. The smallest absolute Gasteiger partial charge is 0.309 e. The molecule has 0 spiro atoms. The Bertz CT molecular complexity index is 220. The van der Waals surface area contributed by atoms with Gasteiger partial charge in [0.1, 0.15) is 5.60 Å². The lowest BCUT2D eigenvalue weighted by Crippen LogP contribution is -2.46. The number of hydrogen-bond donors (Lipinski definition) is 1. The van der Waals surface area contributed by atoms with E-state index in [0.29, 0.717) is 6.42 Å². The van der Waals surface area contributed by atoms with Crippen molar-refractivity contribution in [2.45, 2.75) is 37.9 Å². The number of carbonyl (C=O) groups excluding carboxylic acids is 1. The highest BCUT2D eigenvalue weighted by atomic mass is 16.6. The molecule has 0 aromatic carbocycles. The molecule has 1 fully saturated rings. The van der Waals surface area contributed by atoms with Crippen molar-refractivity contribution >= 4 is 5.97 Å². The van der Waals surface area contributed by atoms with Crippen molar-refractivity contribution in [1.82, 2.24) is 0 Å². The first-order chi connectivity index (χ1) is 5.37. The van der Waals surface area contributed by atoms with Gasteiger partial charge in [-0.25, -0.2) is 0 Å². The zero-order valence-corrected chi connectivity index (χ0v) is 7.46. The van der Waals surface area contributed by atoms with Crippen LogP contribution in [0.25, 0.3) is 0 Å². The molecule has 1 N–H and O–H groups in total. The number of esters is 1. The number of aliphatic hydroxyl groups is 1. The van der Waals surface area contributed by atoms with Crippen LogP contribution in [-0.2, 0) is 9.53 Å². The second-order valence-corrected chi connectivity index (χ2v) is 3.84. The Morgan fingerprint density at radius 3 is 2.67 bits per heavy atom. The van der Waals surface area contributed by atoms with E-state index in [1.54, 1.807) is 19.9 Å². The van der Waals surface area contributed by atoms with Gasteiger partial charge in [0, 0.05) is 6.42 Å². The largest absolute Gasteiger partial charge is 0.455 e. The summed E-state index contributed by atoms with van der Waals surface area (Å²) in [7, 11) is 0. The predicted molar refractivity (Wildman–Crippen MR) is 44.6 cm³/mol. The third-order valence-electron chi connectivity index (χ3n) is 2.04. The maximum absolute atomic E-state index is 11.0. The Morgan fingerprint density at radius 1 is 1.67 bits per heavy atom. The van der Waals surface area contributed by atoms with Crippen molar-refractivity contribution in [2.24, 2.45) is 0 Å². The zero-order valence-electron chi connectivity index (χ0n) is 7.46. The van der Waals surface area contributed by atoms with E-state index in [-0.39, 0.29) is 12.4 Å². The maximum Gasteiger partial charge on any atom is 0.309 e. The van der Waals surface area contributed by atoms with Crippen molar-refractivity contribution in [3.63, 3.8) is 0 Å². The van der Waals surface area contributed by atoms with Gasteiger partial charge in [0.2, 0.25) is 0 Å². The first kappa shape index (κ1) is 9.26. The van der Waals surface area contributed by atoms with Gasteiger partial charge in [-0.15, -0.1) is 0 Å². The van der Waals surface area contributed by atoms with Crippen LogP contribution in [0.3, 0.4) is 0 Å². The van der Waals surface area contributed by atoms with Crippen LogP contribution in [-0.4, -0.2) is 22.3 Å². The molecule has 3 nitrogen and oxygen atoms in total. The molecule has 2 atom stereocenters. The summed E-state index contributed by atoms with van der Waals surface area (Å²) in [5.74, 6) is -0.367. The van der Waals surface area contributed by atoms with Gasteiger partial charge in [-0.2, -0.15) is 0 Å². The monoisotopic (exact) mass is 170 g/mol. The molecule has 3 heteroatoms. The molecule has 0 aliphatic carbocycles. The van der Waals surface area contributed by atoms with Gasteiger partial charge in [-0.05, 0) is 19.9 Å². The van der Waals surface area contributed by atoms with Crippen LogP contribution in [0.15, 0.2) is 12.7 Å². The van der Waals surface area contributed by atoms with E-state index in [9.17, 15) is 9.90 Å². The average molecular weight is 170 g/mol. The highest BCUT2D eigenvalue weighted by Crippen LogP contribution is 2.33. The van der Waals surface area contributed by atoms with Crippen molar-refractivity contribution in [1.29, 1.82) is 0 Å². The average Bonchev–Trinajstić information content (AvgIpc) is 1.82. The Labute approximate surface area is 72.0 Å². The number of hydrogen-bond acceptors (Lipinski definition) is 3. The lowest BCUT2D eigenvalue weighted by atomic mass is 9.84. The molecule has 1 aliphatic rings. The summed E-state index contributed by atoms with van der Waals surface area (Å²) in [6.45, 7) is 6.94. The molecule has 1 heterocycles. The summed E-state index contributed by atoms with van der Waals surface area (Å²) in [4.78, 5) is 11.0. The van der Waals surface area contributed by atoms with Crippen LogP contribution in [0.5, 0.6) is 0 Å². The number of rotatable bonds is 1. The highest BCUT2D eigenvalue weighted by molar-refractivity contribution is 5.72. The highest BCUT2D eigenvalue weighted by Gasteiger charge is 2.41. The summed E-state index contributed by atoms with van der Waals surface area (Å²) in [6.07, 6.45) is 2.03. The van der Waals surface area contributed by atoms with Crippen LogP contribution in [0.4, 0.5) is 0 Å². The molecule has 1 aliphatic heterocycles. The molecule has 1 rings (SSSR count). The summed E-state index contributed by atoms with van der Waals surface area (Å²) < 4.78 is 5.04. The standard InChI is InChI=1S/C9H14O3/c1-4-9(3)6-8(2,11)5-7(10)12-9/h4,11H,1,5-6H2,2-3H3. The molecular formula is C9H14O3. The van der Waals surface area contributed by atoms with Crippen molar-refractivity contribution in [3.05, 3.63) is 12.7 Å². The summed E-state index contributed by atoms with van der Waals surface area (Å²) in [5, 5.41) is 9.66. The number of cyclic esters (lactones) is 1. The summed E-state index contributed by atoms with van der Waals surface area (Å²) >= 11 is 0. The first-order valence-electron chi connectivity index (χ1n) is 3.95. The van der Waals surface area contributed by atoms with Crippen LogP contribution < -0.4 is 0 Å². The van der Waals surface area contributed by atoms with Gasteiger partial charge in [0.05, 0.1) is 12.0 Å². The molecule has 0 amide bonds. The number of ether oxygens (including phenoxy) is 1. The molecule has 0 radical (unpaired) electrons. The predicted octanol–water partition coefficient (Wildman–Crippen LogP) is 1.02. The molecule has 0 saturated carbocycles. The minimum absolute atomic E-state index is 0.0659. The van der Waals surface area contributed by atoms with Gasteiger partial charge in [0.15, 0.2) is 0 Å². The van der Waals surface area contributed by atoms with Crippen LogP contribution in [0.2, 0.25) is 0 Å². The quantitative estimate of drug-likeness (QED) is 0.472. The zero-order chi connectivity index (χ0) is 9.41. The summed E-state index contributed by atoms with van der Waals surface area (Å²) in [5.41, 5.74) is -1.67. The van der Waals surface area contributed by atoms with Crippen molar-refractivity contribution < 1.29 is 14.6 Å². The van der Waals surface area contributed by atoms with Crippen LogP contribution in [0.1, 0.15) is 26.7 Å². The van der Waals surface area contributed by atoms with Gasteiger partial charge in [-0.1, -0.05) is 6.58 Å². The number of carbonyl (C=O) groups is 1. The molecule has 12 heavy (non-hydrogen) atoms. The molecule has 68 valence electrons. The van der Waals surface area contributed by atoms with E-state index in [1.807, 2.05) is 0 Å². The van der Waals surface area contributed by atoms with E-state index in [4.69, 9.17) is 4.74 Å². The fourth-order valence-corrected chi connectivity index (χ4v) is 1.58. The molecule has 0 aromatic rings. The second kappa shape index (κ2) is 2.59. The van der Waals surface area contributed by atoms with Crippen molar-refractivity contribution in [3.8, 4) is 0 Å². The third kappa shape index (κ3) is 1.85. The van der Waals surface area contributed by atoms with Crippen LogP contribution >= 0.6 is 0 Å². The fraction of sp³-hybridized carbons (Fsp3) is 0.667. The van der Waals surface area contributed by atoms with E-state index < -0.39 is 11.2 Å². The topological polar surface area (TPSA) is 46.5 Å². The minimum atomic E-state index is -0.960. The van der Waals surface area contributed by atoms with E-state index in [0.717, 1.165) is 0 Å². The third-order valence-corrected chi connectivity index (χ3v) is 2.04. The molecule has 0 bridgehead atoms. The van der Waals surface area contributed by atoms with E-state index >= 15 is 0 Å². The first-order valence-corrected chi connectivity index (χ1v) is 3.95. The Morgan fingerprint density at radius 2 is 2.25 bits per heavy atom. The normalized spacial score (nSPS) is 42.1. The lowest BCUT2D eigenvalue weighted by molar-refractivity contribution is -0.176. The summed E-state index contributed by atoms with van der Waals surface area (Å²) in [6, 6.07) is 0. The molecule has 1 saturated heterocycles. The van der Waals surface area contributed by atoms with Gasteiger partial charge in [-0.3, -0.25) is 4.79 Å². The van der Waals surface area contributed by atoms with Gasteiger partial charge < -0.3 is 9.84 Å². The maximum atomic E-state index is 11.0. The minimum Gasteiger partial charge on any atom is -0.455 e. The fourth-order valence-electron chi connectivity index (χ4n) is 1.58. The van der Waals surface area contributed by atoms with Gasteiger partial charge >= 0.3 is 5.97 Å². The Kier molecular flexibility index (Phi) is 2.00. The van der Waals surface area contributed by atoms with Crippen molar-refractivity contribution in [2.75, 3.05) is 0 Å². The molecule has 0 aromatic heterocycles. The Balaban J connectivity index is 2.83. The second-order valence-electron chi connectivity index (χ2n) is 3.84. The van der Waals surface area contributed by atoms with Crippen LogP contribution in [0, 0.1) is 0 Å². The van der Waals surface area contributed by atoms with E-state index in [2.05, 4.69) is 6.58 Å². The Hall–Kier alpha value is -0.830.